The number of rotatable bonds is 6. The lowest BCUT2D eigenvalue weighted by atomic mass is 10.2. The van der Waals surface area contributed by atoms with E-state index in [4.69, 9.17) is 21.1 Å². The highest BCUT2D eigenvalue weighted by Crippen LogP contribution is 2.32. The zero-order valence-corrected chi connectivity index (χ0v) is 16.8. The van der Waals surface area contributed by atoms with Crippen LogP contribution in [-0.4, -0.2) is 14.4 Å². The Labute approximate surface area is 172 Å². The standard InChI is InChI=1S/C21H16ClFO5S/c1-14(24)27-17-9-16(22)10-18(11-17)28-21-8-7-19(12-20(21)23)29(25,26)13-15-5-3-2-4-6-15/h2-12H,13H2,1H3. The van der Waals surface area contributed by atoms with E-state index in [1.54, 1.807) is 30.3 Å². The van der Waals surface area contributed by atoms with Crippen LogP contribution in [-0.2, 0) is 20.4 Å². The average molecular weight is 435 g/mol. The van der Waals surface area contributed by atoms with Crippen molar-refractivity contribution in [1.82, 2.24) is 0 Å². The van der Waals surface area contributed by atoms with Crippen LogP contribution in [0, 0.1) is 5.82 Å². The van der Waals surface area contributed by atoms with Gasteiger partial charge in [-0.1, -0.05) is 41.9 Å². The molecule has 0 aromatic heterocycles. The Morgan fingerprint density at radius 1 is 1.00 bits per heavy atom. The third-order valence-electron chi connectivity index (χ3n) is 3.80. The molecule has 8 heteroatoms. The molecule has 0 aliphatic carbocycles. The highest BCUT2D eigenvalue weighted by atomic mass is 35.5. The van der Waals surface area contributed by atoms with Gasteiger partial charge in [0, 0.05) is 18.0 Å². The predicted octanol–water partition coefficient (Wildman–Crippen LogP) is 5.17. The lowest BCUT2D eigenvalue weighted by molar-refractivity contribution is -0.131. The smallest absolute Gasteiger partial charge is 0.308 e. The van der Waals surface area contributed by atoms with Gasteiger partial charge in [0.15, 0.2) is 21.4 Å². The van der Waals surface area contributed by atoms with Crippen LogP contribution in [0.4, 0.5) is 4.39 Å². The second-order valence-corrected chi connectivity index (χ2v) is 8.58. The molecule has 150 valence electrons. The zero-order chi connectivity index (χ0) is 21.0. The molecule has 0 saturated carbocycles. The quantitative estimate of drug-likeness (QED) is 0.395. The Morgan fingerprint density at radius 3 is 2.34 bits per heavy atom. The lowest BCUT2D eigenvalue weighted by Crippen LogP contribution is -2.05. The third-order valence-corrected chi connectivity index (χ3v) is 5.70. The summed E-state index contributed by atoms with van der Waals surface area (Å²) in [5, 5.41) is 0.223. The lowest BCUT2D eigenvalue weighted by Gasteiger charge is -2.11. The van der Waals surface area contributed by atoms with Crippen molar-refractivity contribution in [3.63, 3.8) is 0 Å². The monoisotopic (exact) mass is 434 g/mol. The maximum absolute atomic E-state index is 14.5. The van der Waals surface area contributed by atoms with Gasteiger partial charge in [-0.3, -0.25) is 4.79 Å². The Balaban J connectivity index is 1.83. The molecule has 0 unspecified atom stereocenters. The van der Waals surface area contributed by atoms with Gasteiger partial charge < -0.3 is 9.47 Å². The number of ether oxygens (including phenoxy) is 2. The van der Waals surface area contributed by atoms with Crippen LogP contribution in [0.25, 0.3) is 0 Å². The van der Waals surface area contributed by atoms with Crippen LogP contribution >= 0.6 is 11.6 Å². The van der Waals surface area contributed by atoms with Crippen LogP contribution in [0.2, 0.25) is 5.02 Å². The molecule has 0 fully saturated rings. The molecule has 0 amide bonds. The summed E-state index contributed by atoms with van der Waals surface area (Å²) in [5.41, 5.74) is 0.602. The van der Waals surface area contributed by atoms with E-state index in [-0.39, 0.29) is 32.9 Å². The fourth-order valence-corrected chi connectivity index (χ4v) is 4.15. The molecule has 0 N–H and O–H groups in total. The summed E-state index contributed by atoms with van der Waals surface area (Å²) in [7, 11) is -3.73. The number of halogens is 2. The van der Waals surface area contributed by atoms with Crippen molar-refractivity contribution >= 4 is 27.4 Å². The van der Waals surface area contributed by atoms with Crippen LogP contribution in [0.15, 0.2) is 71.6 Å². The first-order valence-corrected chi connectivity index (χ1v) is 10.5. The number of esters is 1. The molecule has 29 heavy (non-hydrogen) atoms. The summed E-state index contributed by atoms with van der Waals surface area (Å²) in [6.45, 7) is 1.23. The van der Waals surface area contributed by atoms with Crippen molar-refractivity contribution in [3.8, 4) is 17.2 Å². The molecule has 0 heterocycles. The van der Waals surface area contributed by atoms with Gasteiger partial charge in [-0.2, -0.15) is 0 Å². The SMILES string of the molecule is CC(=O)Oc1cc(Cl)cc(Oc2ccc(S(=O)(=O)Cc3ccccc3)cc2F)c1. The number of carbonyl (C=O) groups excluding carboxylic acids is 1. The maximum Gasteiger partial charge on any atom is 0.308 e. The van der Waals surface area contributed by atoms with E-state index < -0.39 is 21.6 Å². The van der Waals surface area contributed by atoms with Crippen molar-refractivity contribution in [2.75, 3.05) is 0 Å². The molecule has 3 aromatic carbocycles. The van der Waals surface area contributed by atoms with Crippen LogP contribution < -0.4 is 9.47 Å². The first kappa shape index (κ1) is 20.8. The first-order chi connectivity index (χ1) is 13.7. The Hall–Kier alpha value is -2.90. The van der Waals surface area contributed by atoms with Crippen molar-refractivity contribution < 1.29 is 27.1 Å². The van der Waals surface area contributed by atoms with Gasteiger partial charge in [-0.15, -0.1) is 0 Å². The zero-order valence-electron chi connectivity index (χ0n) is 15.3. The van der Waals surface area contributed by atoms with E-state index in [9.17, 15) is 17.6 Å². The molecule has 5 nitrogen and oxygen atoms in total. The van der Waals surface area contributed by atoms with Crippen molar-refractivity contribution in [3.05, 3.63) is 83.1 Å². The molecule has 3 aromatic rings. The van der Waals surface area contributed by atoms with E-state index in [1.165, 1.54) is 37.3 Å². The summed E-state index contributed by atoms with van der Waals surface area (Å²) in [5.74, 6) is -1.56. The Morgan fingerprint density at radius 2 is 1.69 bits per heavy atom. The molecule has 0 aliphatic rings. The van der Waals surface area contributed by atoms with Crippen LogP contribution in [0.1, 0.15) is 12.5 Å². The van der Waals surface area contributed by atoms with E-state index in [0.29, 0.717) is 5.56 Å². The maximum atomic E-state index is 14.5. The number of hydrogen-bond donors (Lipinski definition) is 0. The summed E-state index contributed by atoms with van der Waals surface area (Å²) in [6.07, 6.45) is 0. The largest absolute Gasteiger partial charge is 0.454 e. The summed E-state index contributed by atoms with van der Waals surface area (Å²) < 4.78 is 50.0. The van der Waals surface area contributed by atoms with Gasteiger partial charge in [0.05, 0.1) is 10.6 Å². The van der Waals surface area contributed by atoms with Gasteiger partial charge in [0.2, 0.25) is 0 Å². The molecule has 0 aliphatic heterocycles. The van der Waals surface area contributed by atoms with Gasteiger partial charge in [0.1, 0.15) is 11.5 Å². The summed E-state index contributed by atoms with van der Waals surface area (Å²) in [4.78, 5) is 10.9. The molecule has 0 atom stereocenters. The fourth-order valence-electron chi connectivity index (χ4n) is 2.58. The number of benzene rings is 3. The van der Waals surface area contributed by atoms with Gasteiger partial charge >= 0.3 is 5.97 Å². The Bertz CT molecular complexity index is 1150. The Kier molecular flexibility index (Phi) is 6.20. The molecular weight excluding hydrogens is 419 g/mol. The fraction of sp³-hybridized carbons (Fsp3) is 0.0952. The second kappa shape index (κ2) is 8.63. The van der Waals surface area contributed by atoms with E-state index in [1.807, 2.05) is 0 Å². The number of sulfone groups is 1. The molecule has 0 radical (unpaired) electrons. The molecule has 0 saturated heterocycles. The van der Waals surface area contributed by atoms with E-state index in [0.717, 1.165) is 6.07 Å². The first-order valence-electron chi connectivity index (χ1n) is 8.46. The number of hydrogen-bond acceptors (Lipinski definition) is 5. The third kappa shape index (κ3) is 5.56. The van der Waals surface area contributed by atoms with E-state index >= 15 is 0 Å². The summed E-state index contributed by atoms with van der Waals surface area (Å²) in [6, 6.07) is 16.2. The topological polar surface area (TPSA) is 69.7 Å². The van der Waals surface area contributed by atoms with E-state index in [2.05, 4.69) is 0 Å². The van der Waals surface area contributed by atoms with Crippen molar-refractivity contribution in [2.45, 2.75) is 17.6 Å². The predicted molar refractivity (Wildman–Crippen MR) is 107 cm³/mol. The van der Waals surface area contributed by atoms with Crippen molar-refractivity contribution in [2.24, 2.45) is 0 Å². The minimum Gasteiger partial charge on any atom is -0.454 e. The number of carbonyl (C=O) groups is 1. The molecule has 0 bridgehead atoms. The minimum atomic E-state index is -3.73. The van der Waals surface area contributed by atoms with Gasteiger partial charge in [-0.05, 0) is 35.9 Å². The van der Waals surface area contributed by atoms with Crippen LogP contribution in [0.3, 0.4) is 0 Å². The van der Waals surface area contributed by atoms with Gasteiger partial charge in [-0.25, -0.2) is 12.8 Å². The highest BCUT2D eigenvalue weighted by molar-refractivity contribution is 7.90. The molecule has 0 spiro atoms. The van der Waals surface area contributed by atoms with Crippen LogP contribution in [0.5, 0.6) is 17.2 Å². The van der Waals surface area contributed by atoms with Gasteiger partial charge in [0.25, 0.3) is 0 Å². The normalized spacial score (nSPS) is 11.1. The van der Waals surface area contributed by atoms with Crippen molar-refractivity contribution in [1.29, 1.82) is 0 Å². The minimum absolute atomic E-state index is 0.132. The second-order valence-electron chi connectivity index (χ2n) is 6.16. The molecule has 3 rings (SSSR count). The average Bonchev–Trinajstić information content (AvgIpc) is 2.62. The summed E-state index contributed by atoms with van der Waals surface area (Å²) >= 11 is 5.96. The highest BCUT2D eigenvalue weighted by Gasteiger charge is 2.18. The molecular formula is C21H16ClFO5S.